The van der Waals surface area contributed by atoms with E-state index in [1.807, 2.05) is 12.3 Å². The van der Waals surface area contributed by atoms with Crippen LogP contribution in [0.25, 0.3) is 0 Å². The van der Waals surface area contributed by atoms with Gasteiger partial charge in [-0.05, 0) is 33.6 Å². The maximum Gasteiger partial charge on any atom is 0.0462 e. The molecular formula is C10H15IN2OS. The third-order valence-corrected chi connectivity index (χ3v) is 3.25. The highest BCUT2D eigenvalue weighted by molar-refractivity contribution is 14.2. The zero-order valence-corrected chi connectivity index (χ0v) is 11.6. The molecule has 0 radical (unpaired) electrons. The first kappa shape index (κ1) is 13.2. The molecule has 1 atom stereocenters. The Bertz CT molecular complexity index is 261. The van der Waals surface area contributed by atoms with Gasteiger partial charge in [-0.1, -0.05) is 6.07 Å². The van der Waals surface area contributed by atoms with Gasteiger partial charge in [-0.3, -0.25) is 4.98 Å². The predicted molar refractivity (Wildman–Crippen MR) is 72.8 cm³/mol. The number of halogens is 1. The molecule has 0 unspecified atom stereocenters. The molecule has 0 bridgehead atoms. The molecule has 5 heteroatoms. The molecule has 1 rings (SSSR count). The lowest BCUT2D eigenvalue weighted by Gasteiger charge is -2.16. The highest BCUT2D eigenvalue weighted by Gasteiger charge is 2.10. The fourth-order valence-corrected chi connectivity index (χ4v) is 2.64. The molecule has 1 N–H and O–H groups in total. The van der Waals surface area contributed by atoms with E-state index in [4.69, 9.17) is 4.74 Å². The monoisotopic (exact) mass is 338 g/mol. The van der Waals surface area contributed by atoms with Gasteiger partial charge in [0.15, 0.2) is 0 Å². The molecule has 1 aromatic rings. The van der Waals surface area contributed by atoms with Crippen LogP contribution < -0.4 is 4.72 Å². The maximum atomic E-state index is 5.05. The van der Waals surface area contributed by atoms with Crippen LogP contribution in [0.1, 0.15) is 24.4 Å². The second kappa shape index (κ2) is 8.32. The number of pyridine rings is 1. The normalized spacial score (nSPS) is 12.7. The summed E-state index contributed by atoms with van der Waals surface area (Å²) in [6, 6.07) is 4.43. The number of rotatable bonds is 7. The van der Waals surface area contributed by atoms with Crippen molar-refractivity contribution in [2.75, 3.05) is 13.7 Å². The Kier molecular flexibility index (Phi) is 7.33. The average molecular weight is 338 g/mol. The van der Waals surface area contributed by atoms with E-state index < -0.39 is 0 Å². The Balaban J connectivity index is 2.50. The van der Waals surface area contributed by atoms with Crippen molar-refractivity contribution in [1.82, 2.24) is 9.71 Å². The van der Waals surface area contributed by atoms with E-state index in [0.29, 0.717) is 6.04 Å². The summed E-state index contributed by atoms with van der Waals surface area (Å²) in [5.74, 6) is 0. The summed E-state index contributed by atoms with van der Waals surface area (Å²) in [4.78, 5) is 4.13. The average Bonchev–Trinajstić information content (AvgIpc) is 2.29. The van der Waals surface area contributed by atoms with Gasteiger partial charge in [0.05, 0.1) is 0 Å². The van der Waals surface area contributed by atoms with Crippen molar-refractivity contribution in [3.8, 4) is 0 Å². The van der Waals surface area contributed by atoms with Crippen LogP contribution in [0.2, 0.25) is 0 Å². The van der Waals surface area contributed by atoms with Gasteiger partial charge >= 0.3 is 0 Å². The van der Waals surface area contributed by atoms with Crippen LogP contribution in [0.5, 0.6) is 0 Å². The van der Waals surface area contributed by atoms with Crippen LogP contribution in [-0.2, 0) is 4.74 Å². The van der Waals surface area contributed by atoms with Gasteiger partial charge in [-0.25, -0.2) is 4.72 Å². The molecule has 0 fully saturated rings. The fraction of sp³-hybridized carbons (Fsp3) is 0.500. The zero-order valence-electron chi connectivity index (χ0n) is 8.65. The van der Waals surface area contributed by atoms with Crippen LogP contribution in [0, 0.1) is 0 Å². The van der Waals surface area contributed by atoms with Gasteiger partial charge in [0.2, 0.25) is 0 Å². The molecular weight excluding hydrogens is 323 g/mol. The van der Waals surface area contributed by atoms with Crippen molar-refractivity contribution >= 4 is 30.3 Å². The van der Waals surface area contributed by atoms with E-state index in [0.717, 1.165) is 19.4 Å². The summed E-state index contributed by atoms with van der Waals surface area (Å²) < 4.78 is 8.42. The predicted octanol–water partition coefficient (Wildman–Crippen LogP) is 3.14. The van der Waals surface area contributed by atoms with E-state index in [-0.39, 0.29) is 0 Å². The second-order valence-electron chi connectivity index (χ2n) is 3.17. The molecule has 1 heterocycles. The van der Waals surface area contributed by atoms with E-state index in [1.54, 1.807) is 22.4 Å². The van der Waals surface area contributed by atoms with Crippen molar-refractivity contribution in [2.24, 2.45) is 0 Å². The molecule has 0 spiro atoms. The molecule has 84 valence electrons. The molecule has 1 aromatic heterocycles. The third-order valence-electron chi connectivity index (χ3n) is 2.11. The van der Waals surface area contributed by atoms with Crippen molar-refractivity contribution in [3.63, 3.8) is 0 Å². The van der Waals surface area contributed by atoms with Gasteiger partial charge in [-0.15, -0.1) is 0 Å². The first-order valence-corrected chi connectivity index (χ1v) is 8.16. The summed E-state index contributed by atoms with van der Waals surface area (Å²) in [5, 5.41) is 0. The Labute approximate surface area is 107 Å². The lowest BCUT2D eigenvalue weighted by atomic mass is 10.1. The third kappa shape index (κ3) is 5.14. The number of methoxy groups -OCH3 is 1. The number of hydrogen-bond donors (Lipinski definition) is 1. The molecule has 3 nitrogen and oxygen atoms in total. The van der Waals surface area contributed by atoms with Crippen LogP contribution in [0.15, 0.2) is 24.5 Å². The number of hydrogen-bond acceptors (Lipinski definition) is 4. The molecule has 0 amide bonds. The Morgan fingerprint density at radius 2 is 2.53 bits per heavy atom. The van der Waals surface area contributed by atoms with Crippen LogP contribution in [-0.4, -0.2) is 18.7 Å². The molecule has 0 aliphatic carbocycles. The molecule has 15 heavy (non-hydrogen) atoms. The standard InChI is InChI=1S/C10H15IN2OS/c1-14-7-3-5-10(13-15-11)9-4-2-6-12-8-9/h2,4,6,8,10,13H,3,5,7H2,1H3/t10-/m0/s1. The highest BCUT2D eigenvalue weighted by Crippen LogP contribution is 2.22. The van der Waals surface area contributed by atoms with Crippen molar-refractivity contribution in [2.45, 2.75) is 18.9 Å². The van der Waals surface area contributed by atoms with Gasteiger partial charge in [0.1, 0.15) is 0 Å². The molecule has 0 aliphatic heterocycles. The van der Waals surface area contributed by atoms with Gasteiger partial charge in [-0.2, -0.15) is 0 Å². The summed E-state index contributed by atoms with van der Waals surface area (Å²) in [6.07, 6.45) is 5.83. The number of nitrogens with zero attached hydrogens (tertiary/aromatic N) is 1. The Hall–Kier alpha value is 0.150. The molecule has 0 saturated heterocycles. The SMILES string of the molecule is COCCC[C@H](NSI)c1cccnc1. The fourth-order valence-electron chi connectivity index (χ4n) is 1.36. The van der Waals surface area contributed by atoms with Crippen molar-refractivity contribution in [1.29, 1.82) is 0 Å². The molecule has 0 saturated carbocycles. The van der Waals surface area contributed by atoms with E-state index >= 15 is 0 Å². The molecule has 0 aromatic carbocycles. The maximum absolute atomic E-state index is 5.05. The largest absolute Gasteiger partial charge is 0.385 e. The van der Waals surface area contributed by atoms with Gasteiger partial charge in [0.25, 0.3) is 0 Å². The quantitative estimate of drug-likeness (QED) is 0.471. The molecule has 0 aliphatic rings. The summed E-state index contributed by atoms with van der Waals surface area (Å²) in [6.45, 7) is 0.810. The first-order chi connectivity index (χ1) is 7.38. The smallest absolute Gasteiger partial charge is 0.0462 e. The first-order valence-electron chi connectivity index (χ1n) is 4.80. The van der Waals surface area contributed by atoms with Crippen LogP contribution in [0.4, 0.5) is 0 Å². The minimum absolute atomic E-state index is 0.357. The number of aromatic nitrogens is 1. The second-order valence-corrected chi connectivity index (χ2v) is 4.88. The summed E-state index contributed by atoms with van der Waals surface area (Å²) >= 11 is 2.24. The number of nitrogens with one attached hydrogen (secondary N) is 1. The lowest BCUT2D eigenvalue weighted by molar-refractivity contribution is 0.190. The van der Waals surface area contributed by atoms with Crippen LogP contribution >= 0.6 is 30.3 Å². The Morgan fingerprint density at radius 1 is 1.67 bits per heavy atom. The summed E-state index contributed by atoms with van der Waals surface area (Å²) in [7, 11) is 3.35. The summed E-state index contributed by atoms with van der Waals surface area (Å²) in [5.41, 5.74) is 1.23. The van der Waals surface area contributed by atoms with Crippen molar-refractivity contribution < 1.29 is 4.74 Å². The highest BCUT2D eigenvalue weighted by atomic mass is 127. The van der Waals surface area contributed by atoms with E-state index in [9.17, 15) is 0 Å². The van der Waals surface area contributed by atoms with Gasteiger partial charge < -0.3 is 4.74 Å². The zero-order chi connectivity index (χ0) is 10.9. The van der Waals surface area contributed by atoms with Crippen LogP contribution in [0.3, 0.4) is 0 Å². The van der Waals surface area contributed by atoms with E-state index in [2.05, 4.69) is 37.0 Å². The number of ether oxygens (including phenoxy) is 1. The lowest BCUT2D eigenvalue weighted by Crippen LogP contribution is -2.13. The van der Waals surface area contributed by atoms with Crippen molar-refractivity contribution in [3.05, 3.63) is 30.1 Å². The minimum Gasteiger partial charge on any atom is -0.385 e. The minimum atomic E-state index is 0.357. The van der Waals surface area contributed by atoms with Gasteiger partial charge in [0, 0.05) is 53.4 Å². The Morgan fingerprint density at radius 3 is 3.13 bits per heavy atom. The van der Waals surface area contributed by atoms with E-state index in [1.165, 1.54) is 5.56 Å². The topological polar surface area (TPSA) is 34.1 Å².